The van der Waals surface area contributed by atoms with E-state index in [9.17, 15) is 14.9 Å². The van der Waals surface area contributed by atoms with Gasteiger partial charge in [0.2, 0.25) is 5.82 Å². The minimum Gasteiger partial charge on any atom is -0.469 e. The molecule has 0 radical (unpaired) electrons. The highest BCUT2D eigenvalue weighted by molar-refractivity contribution is 5.74. The molecule has 0 aliphatic carbocycles. The van der Waals surface area contributed by atoms with E-state index < -0.39 is 4.92 Å². The van der Waals surface area contributed by atoms with E-state index in [2.05, 4.69) is 4.98 Å². The number of aromatic nitrogens is 1. The zero-order chi connectivity index (χ0) is 14.7. The van der Waals surface area contributed by atoms with Crippen LogP contribution in [0, 0.1) is 23.0 Å². The Kier molecular flexibility index (Phi) is 4.16. The second-order valence-corrected chi connectivity index (χ2v) is 4.87. The molecule has 0 bridgehead atoms. The number of esters is 1. The smallest absolute Gasteiger partial charge is 0.314 e. The van der Waals surface area contributed by atoms with Crippen molar-refractivity contribution < 1.29 is 14.5 Å². The predicted octanol–water partition coefficient (Wildman–Crippen LogP) is 1.69. The Balaban J connectivity index is 2.30. The molecule has 2 rings (SSSR count). The average Bonchev–Trinajstić information content (AvgIpc) is 2.45. The van der Waals surface area contributed by atoms with Crippen LogP contribution in [-0.2, 0) is 9.53 Å². The van der Waals surface area contributed by atoms with Crippen molar-refractivity contribution in [3.8, 4) is 0 Å². The first kappa shape index (κ1) is 14.2. The minimum atomic E-state index is -0.417. The fourth-order valence-corrected chi connectivity index (χ4v) is 2.52. The lowest BCUT2D eigenvalue weighted by Gasteiger charge is -2.31. The number of nitro groups is 1. The van der Waals surface area contributed by atoms with Gasteiger partial charge in [0.25, 0.3) is 0 Å². The van der Waals surface area contributed by atoms with Crippen molar-refractivity contribution >= 4 is 17.5 Å². The molecule has 0 saturated carbocycles. The van der Waals surface area contributed by atoms with Crippen LogP contribution in [0.2, 0.25) is 0 Å². The van der Waals surface area contributed by atoms with Crippen molar-refractivity contribution in [1.82, 2.24) is 4.98 Å². The lowest BCUT2D eigenvalue weighted by molar-refractivity contribution is -0.384. The van der Waals surface area contributed by atoms with Crippen LogP contribution in [0.4, 0.5) is 11.5 Å². The standard InChI is InChI=1S/C13H17N3O4/c1-9-5-6-14-12(11(9)16(18)19)15-7-3-4-10(8-15)13(17)20-2/h5-6,10H,3-4,7-8H2,1-2H3. The van der Waals surface area contributed by atoms with Gasteiger partial charge in [0, 0.05) is 24.8 Å². The molecule has 0 N–H and O–H groups in total. The monoisotopic (exact) mass is 279 g/mol. The van der Waals surface area contributed by atoms with Crippen molar-refractivity contribution in [3.05, 3.63) is 27.9 Å². The van der Waals surface area contributed by atoms with Crippen molar-refractivity contribution in [2.45, 2.75) is 19.8 Å². The second kappa shape index (κ2) is 5.85. The molecular formula is C13H17N3O4. The van der Waals surface area contributed by atoms with E-state index in [1.54, 1.807) is 24.1 Å². The second-order valence-electron chi connectivity index (χ2n) is 4.87. The Morgan fingerprint density at radius 1 is 1.60 bits per heavy atom. The van der Waals surface area contributed by atoms with Crippen molar-refractivity contribution in [2.75, 3.05) is 25.1 Å². The van der Waals surface area contributed by atoms with Gasteiger partial charge in [-0.25, -0.2) is 4.98 Å². The van der Waals surface area contributed by atoms with Gasteiger partial charge in [0.15, 0.2) is 0 Å². The third-order valence-electron chi connectivity index (χ3n) is 3.54. The maximum Gasteiger partial charge on any atom is 0.314 e. The molecule has 1 aromatic rings. The molecule has 0 amide bonds. The number of ether oxygens (including phenoxy) is 1. The molecule has 108 valence electrons. The normalized spacial score (nSPS) is 18.7. The number of hydrogen-bond donors (Lipinski definition) is 0. The summed E-state index contributed by atoms with van der Waals surface area (Å²) in [5, 5.41) is 11.2. The number of hydrogen-bond acceptors (Lipinski definition) is 6. The number of aryl methyl sites for hydroxylation is 1. The highest BCUT2D eigenvalue weighted by atomic mass is 16.6. The number of piperidine rings is 1. The van der Waals surface area contributed by atoms with E-state index in [4.69, 9.17) is 4.74 Å². The van der Waals surface area contributed by atoms with Crippen LogP contribution in [0.1, 0.15) is 18.4 Å². The van der Waals surface area contributed by atoms with Crippen molar-refractivity contribution in [2.24, 2.45) is 5.92 Å². The first-order valence-corrected chi connectivity index (χ1v) is 6.47. The molecule has 1 aromatic heterocycles. The van der Waals surface area contributed by atoms with E-state index in [-0.39, 0.29) is 17.6 Å². The van der Waals surface area contributed by atoms with Gasteiger partial charge in [-0.3, -0.25) is 14.9 Å². The van der Waals surface area contributed by atoms with Gasteiger partial charge < -0.3 is 9.64 Å². The highest BCUT2D eigenvalue weighted by Gasteiger charge is 2.31. The number of anilines is 1. The summed E-state index contributed by atoms with van der Waals surface area (Å²) in [4.78, 5) is 28.4. The van der Waals surface area contributed by atoms with Gasteiger partial charge in [0.05, 0.1) is 18.0 Å². The van der Waals surface area contributed by atoms with Crippen LogP contribution in [0.3, 0.4) is 0 Å². The summed E-state index contributed by atoms with van der Waals surface area (Å²) in [5.41, 5.74) is 0.582. The maximum absolute atomic E-state index is 11.6. The molecule has 0 aromatic carbocycles. The molecule has 1 fully saturated rings. The lowest BCUT2D eigenvalue weighted by Crippen LogP contribution is -2.40. The number of carbonyl (C=O) groups excluding carboxylic acids is 1. The van der Waals surface area contributed by atoms with Crippen LogP contribution in [0.25, 0.3) is 0 Å². The Morgan fingerprint density at radius 2 is 2.35 bits per heavy atom. The highest BCUT2D eigenvalue weighted by Crippen LogP contribution is 2.32. The first-order chi connectivity index (χ1) is 9.54. The van der Waals surface area contributed by atoms with Gasteiger partial charge >= 0.3 is 11.7 Å². The predicted molar refractivity (Wildman–Crippen MR) is 72.6 cm³/mol. The van der Waals surface area contributed by atoms with Gasteiger partial charge in [-0.15, -0.1) is 0 Å². The van der Waals surface area contributed by atoms with Gasteiger partial charge in [0.1, 0.15) is 0 Å². The zero-order valence-electron chi connectivity index (χ0n) is 11.5. The maximum atomic E-state index is 11.6. The Morgan fingerprint density at radius 3 is 3.00 bits per heavy atom. The van der Waals surface area contributed by atoms with E-state index in [1.165, 1.54) is 7.11 Å². The molecule has 7 nitrogen and oxygen atoms in total. The fourth-order valence-electron chi connectivity index (χ4n) is 2.52. The van der Waals surface area contributed by atoms with Gasteiger partial charge in [-0.2, -0.15) is 0 Å². The topological polar surface area (TPSA) is 85.6 Å². The van der Waals surface area contributed by atoms with E-state index in [0.717, 1.165) is 12.8 Å². The number of carbonyl (C=O) groups is 1. The van der Waals surface area contributed by atoms with Crippen LogP contribution < -0.4 is 4.90 Å². The fraction of sp³-hybridized carbons (Fsp3) is 0.538. The summed E-state index contributed by atoms with van der Waals surface area (Å²) in [6.45, 7) is 2.75. The van der Waals surface area contributed by atoms with E-state index in [0.29, 0.717) is 24.5 Å². The molecule has 1 aliphatic heterocycles. The van der Waals surface area contributed by atoms with Crippen molar-refractivity contribution in [1.29, 1.82) is 0 Å². The Labute approximate surface area is 116 Å². The minimum absolute atomic E-state index is 0.0121. The van der Waals surface area contributed by atoms with Crippen LogP contribution >= 0.6 is 0 Å². The Bertz CT molecular complexity index is 532. The van der Waals surface area contributed by atoms with Crippen LogP contribution in [0.15, 0.2) is 12.3 Å². The SMILES string of the molecule is COC(=O)C1CCCN(c2nccc(C)c2[N+](=O)[O-])C1. The summed E-state index contributed by atoms with van der Waals surface area (Å²) in [7, 11) is 1.36. The van der Waals surface area contributed by atoms with Gasteiger partial charge in [-0.05, 0) is 25.8 Å². The summed E-state index contributed by atoms with van der Waals surface area (Å²) in [6, 6.07) is 1.61. The number of pyridine rings is 1. The quantitative estimate of drug-likeness (QED) is 0.475. The first-order valence-electron chi connectivity index (χ1n) is 6.47. The summed E-state index contributed by atoms with van der Waals surface area (Å²) in [5.74, 6) is -0.190. The average molecular weight is 279 g/mol. The zero-order valence-corrected chi connectivity index (χ0v) is 11.5. The molecule has 1 saturated heterocycles. The van der Waals surface area contributed by atoms with Crippen molar-refractivity contribution in [3.63, 3.8) is 0 Å². The van der Waals surface area contributed by atoms with Gasteiger partial charge in [-0.1, -0.05) is 0 Å². The molecule has 20 heavy (non-hydrogen) atoms. The molecule has 7 heteroatoms. The number of nitrogens with zero attached hydrogens (tertiary/aromatic N) is 3. The molecule has 2 heterocycles. The summed E-state index contributed by atoms with van der Waals surface area (Å²) < 4.78 is 4.76. The third kappa shape index (κ3) is 2.71. The summed E-state index contributed by atoms with van der Waals surface area (Å²) in [6.07, 6.45) is 3.08. The molecule has 0 spiro atoms. The van der Waals surface area contributed by atoms with E-state index >= 15 is 0 Å². The van der Waals surface area contributed by atoms with E-state index in [1.807, 2.05) is 0 Å². The Hall–Kier alpha value is -2.18. The van der Waals surface area contributed by atoms with Crippen LogP contribution in [-0.4, -0.2) is 36.1 Å². The molecule has 1 aliphatic rings. The number of methoxy groups -OCH3 is 1. The molecule has 1 unspecified atom stereocenters. The van der Waals surface area contributed by atoms with Crippen LogP contribution in [0.5, 0.6) is 0 Å². The molecule has 1 atom stereocenters. The number of rotatable bonds is 3. The summed E-state index contributed by atoms with van der Waals surface area (Å²) >= 11 is 0. The third-order valence-corrected chi connectivity index (χ3v) is 3.54. The lowest BCUT2D eigenvalue weighted by atomic mass is 9.98. The largest absolute Gasteiger partial charge is 0.469 e. The molecular weight excluding hydrogens is 262 g/mol.